The molecule has 30 heavy (non-hydrogen) atoms. The lowest BCUT2D eigenvalue weighted by atomic mass is 9.90. The van der Waals surface area contributed by atoms with E-state index in [1.165, 1.54) is 7.05 Å². The number of rotatable bonds is 4. The predicted octanol–water partition coefficient (Wildman–Crippen LogP) is 3.37. The third kappa shape index (κ3) is 4.88. The van der Waals surface area contributed by atoms with Crippen LogP contribution in [0.1, 0.15) is 36.0 Å². The number of alkyl halides is 6. The first kappa shape index (κ1) is 22.4. The Labute approximate surface area is 168 Å². The van der Waals surface area contributed by atoms with Gasteiger partial charge in [-0.05, 0) is 36.6 Å². The van der Waals surface area contributed by atoms with Gasteiger partial charge in [-0.1, -0.05) is 0 Å². The molecule has 2 aliphatic heterocycles. The Morgan fingerprint density at radius 1 is 1.10 bits per heavy atom. The van der Waals surface area contributed by atoms with E-state index in [1.54, 1.807) is 4.90 Å². The van der Waals surface area contributed by atoms with Crippen molar-refractivity contribution in [3.63, 3.8) is 0 Å². The number of piperidine rings is 1. The van der Waals surface area contributed by atoms with Gasteiger partial charge in [-0.2, -0.15) is 26.3 Å². The molecule has 2 fully saturated rings. The maximum Gasteiger partial charge on any atom is 0.416 e. The molecule has 2 aliphatic rings. The molecule has 0 radical (unpaired) electrons. The zero-order valence-electron chi connectivity index (χ0n) is 15.9. The summed E-state index contributed by atoms with van der Waals surface area (Å²) < 4.78 is 83.4. The highest BCUT2D eigenvalue weighted by Crippen LogP contribution is 2.37. The summed E-state index contributed by atoms with van der Waals surface area (Å²) in [6.07, 6.45) is -9.52. The van der Waals surface area contributed by atoms with Crippen LogP contribution in [0.5, 0.6) is 0 Å². The van der Waals surface area contributed by atoms with Crippen LogP contribution in [0, 0.1) is 5.92 Å². The first-order valence-electron chi connectivity index (χ1n) is 9.29. The summed E-state index contributed by atoms with van der Waals surface area (Å²) in [5.74, 6) is -0.916. The van der Waals surface area contributed by atoms with Crippen LogP contribution in [0.2, 0.25) is 0 Å². The number of nitrogens with one attached hydrogen (secondary N) is 1. The monoisotopic (exact) mass is 438 g/mol. The lowest BCUT2D eigenvalue weighted by Crippen LogP contribution is -2.46. The maximum atomic E-state index is 13.0. The van der Waals surface area contributed by atoms with Crippen LogP contribution in [-0.4, -0.2) is 42.5 Å². The normalized spacial score (nSPS) is 24.7. The van der Waals surface area contributed by atoms with Crippen molar-refractivity contribution in [2.24, 2.45) is 5.92 Å². The SMILES string of the molecule is CNC(=O)C1CC(=O)N2CC(OCc3cc(C(F)(F)F)cc(C(F)(F)F)c3)CC2C1. The Morgan fingerprint density at radius 3 is 2.23 bits per heavy atom. The van der Waals surface area contributed by atoms with E-state index < -0.39 is 42.1 Å². The van der Waals surface area contributed by atoms with Gasteiger partial charge in [-0.25, -0.2) is 0 Å². The molecule has 1 aromatic rings. The smallest absolute Gasteiger partial charge is 0.372 e. The van der Waals surface area contributed by atoms with Crippen molar-refractivity contribution in [3.8, 4) is 0 Å². The first-order chi connectivity index (χ1) is 13.9. The summed E-state index contributed by atoms with van der Waals surface area (Å²) in [7, 11) is 1.48. The van der Waals surface area contributed by atoms with Crippen molar-refractivity contribution in [2.75, 3.05) is 13.6 Å². The second-order valence-electron chi connectivity index (χ2n) is 7.53. The van der Waals surface area contributed by atoms with Gasteiger partial charge in [0.15, 0.2) is 0 Å². The number of amides is 2. The fourth-order valence-electron chi connectivity index (χ4n) is 3.98. The fraction of sp³-hybridized carbons (Fsp3) is 0.579. The number of hydrogen-bond acceptors (Lipinski definition) is 3. The molecule has 3 unspecified atom stereocenters. The van der Waals surface area contributed by atoms with Gasteiger partial charge in [-0.3, -0.25) is 9.59 Å². The molecule has 2 saturated heterocycles. The van der Waals surface area contributed by atoms with Crippen LogP contribution in [0.25, 0.3) is 0 Å². The predicted molar refractivity (Wildman–Crippen MR) is 91.9 cm³/mol. The molecule has 0 aliphatic carbocycles. The Hall–Kier alpha value is -2.30. The minimum Gasteiger partial charge on any atom is -0.372 e. The molecule has 3 atom stereocenters. The summed E-state index contributed by atoms with van der Waals surface area (Å²) >= 11 is 0. The lowest BCUT2D eigenvalue weighted by molar-refractivity contribution is -0.143. The molecule has 166 valence electrons. The van der Waals surface area contributed by atoms with Crippen molar-refractivity contribution < 1.29 is 40.7 Å². The van der Waals surface area contributed by atoms with Crippen molar-refractivity contribution in [3.05, 3.63) is 34.9 Å². The van der Waals surface area contributed by atoms with Gasteiger partial charge in [0, 0.05) is 32.0 Å². The average molecular weight is 438 g/mol. The number of benzene rings is 1. The summed E-state index contributed by atoms with van der Waals surface area (Å²) in [6, 6.07) is 1.08. The van der Waals surface area contributed by atoms with Crippen molar-refractivity contribution >= 4 is 11.8 Å². The van der Waals surface area contributed by atoms with Gasteiger partial charge < -0.3 is 15.0 Å². The molecule has 1 N–H and O–H groups in total. The van der Waals surface area contributed by atoms with Crippen LogP contribution in [-0.2, 0) is 33.3 Å². The van der Waals surface area contributed by atoms with E-state index in [2.05, 4.69) is 5.32 Å². The molecule has 0 bridgehead atoms. The number of ether oxygens (including phenoxy) is 1. The summed E-state index contributed by atoms with van der Waals surface area (Å²) in [5, 5.41) is 2.50. The number of hydrogen-bond donors (Lipinski definition) is 1. The van der Waals surface area contributed by atoms with Crippen molar-refractivity contribution in [1.82, 2.24) is 10.2 Å². The second-order valence-corrected chi connectivity index (χ2v) is 7.53. The molecule has 5 nitrogen and oxygen atoms in total. The Kier molecular flexibility index (Phi) is 6.03. The third-order valence-electron chi connectivity index (χ3n) is 5.42. The lowest BCUT2D eigenvalue weighted by Gasteiger charge is -2.33. The molecule has 0 aromatic heterocycles. The first-order valence-corrected chi connectivity index (χ1v) is 9.29. The summed E-state index contributed by atoms with van der Waals surface area (Å²) in [6.45, 7) is -0.264. The number of nitrogens with zero attached hydrogens (tertiary/aromatic N) is 1. The molecule has 0 saturated carbocycles. The Bertz CT molecular complexity index is 791. The molecule has 1 aromatic carbocycles. The van der Waals surface area contributed by atoms with Gasteiger partial charge in [-0.15, -0.1) is 0 Å². The molecule has 0 spiro atoms. The van der Waals surface area contributed by atoms with E-state index in [-0.39, 0.29) is 42.5 Å². The Balaban J connectivity index is 1.69. The number of halogens is 6. The summed E-state index contributed by atoms with van der Waals surface area (Å²) in [5.41, 5.74) is -3.05. The van der Waals surface area contributed by atoms with Gasteiger partial charge in [0.25, 0.3) is 0 Å². The van der Waals surface area contributed by atoms with E-state index in [4.69, 9.17) is 4.74 Å². The molecular weight excluding hydrogens is 418 g/mol. The largest absolute Gasteiger partial charge is 0.416 e. The number of fused-ring (bicyclic) bond motifs is 1. The van der Waals surface area contributed by atoms with Crippen LogP contribution >= 0.6 is 0 Å². The molecule has 2 amide bonds. The zero-order chi connectivity index (χ0) is 22.3. The molecule has 3 rings (SSSR count). The van der Waals surface area contributed by atoms with Gasteiger partial charge in [0.1, 0.15) is 0 Å². The minimum absolute atomic E-state index is 0.0610. The topological polar surface area (TPSA) is 58.6 Å². The van der Waals surface area contributed by atoms with E-state index in [9.17, 15) is 35.9 Å². The average Bonchev–Trinajstić information content (AvgIpc) is 3.07. The third-order valence-corrected chi connectivity index (χ3v) is 5.42. The van der Waals surface area contributed by atoms with E-state index in [0.717, 1.165) is 0 Å². The van der Waals surface area contributed by atoms with Crippen LogP contribution in [0.3, 0.4) is 0 Å². The van der Waals surface area contributed by atoms with E-state index >= 15 is 0 Å². The summed E-state index contributed by atoms with van der Waals surface area (Å²) in [4.78, 5) is 25.7. The highest BCUT2D eigenvalue weighted by molar-refractivity contribution is 5.87. The van der Waals surface area contributed by atoms with Crippen LogP contribution in [0.15, 0.2) is 18.2 Å². The Morgan fingerprint density at radius 2 is 1.70 bits per heavy atom. The molecule has 11 heteroatoms. The van der Waals surface area contributed by atoms with Crippen molar-refractivity contribution in [2.45, 2.75) is 50.4 Å². The fourth-order valence-corrected chi connectivity index (χ4v) is 3.98. The number of carbonyl (C=O) groups is 2. The van der Waals surface area contributed by atoms with E-state index in [0.29, 0.717) is 25.0 Å². The highest BCUT2D eigenvalue weighted by atomic mass is 19.4. The minimum atomic E-state index is -4.93. The van der Waals surface area contributed by atoms with Gasteiger partial charge in [0.2, 0.25) is 11.8 Å². The van der Waals surface area contributed by atoms with E-state index in [1.807, 2.05) is 0 Å². The number of carbonyl (C=O) groups excluding carboxylic acids is 2. The standard InChI is InChI=1S/C19H20F6N2O3/c1-26-17(29)11-4-14-7-15(8-27(14)16(28)5-11)30-9-10-2-12(18(20,21)22)6-13(3-10)19(23,24)25/h2-3,6,11,14-15H,4-5,7-9H2,1H3,(H,26,29). The van der Waals surface area contributed by atoms with Crippen LogP contribution < -0.4 is 5.32 Å². The van der Waals surface area contributed by atoms with Gasteiger partial charge in [0.05, 0.1) is 23.8 Å². The van der Waals surface area contributed by atoms with Crippen LogP contribution in [0.4, 0.5) is 26.3 Å². The highest BCUT2D eigenvalue weighted by Gasteiger charge is 2.43. The second kappa shape index (κ2) is 8.09. The van der Waals surface area contributed by atoms with Gasteiger partial charge >= 0.3 is 12.4 Å². The zero-order valence-corrected chi connectivity index (χ0v) is 15.9. The molecule has 2 heterocycles. The maximum absolute atomic E-state index is 13.0. The quantitative estimate of drug-likeness (QED) is 0.734. The van der Waals surface area contributed by atoms with Crippen molar-refractivity contribution in [1.29, 1.82) is 0 Å². The molecular formula is C19H20F6N2O3.